The molecule has 2 nitrogen and oxygen atoms in total. The van der Waals surface area contributed by atoms with E-state index in [0.717, 1.165) is 32.5 Å². The van der Waals surface area contributed by atoms with Crippen LogP contribution in [0.5, 0.6) is 0 Å². The number of hydrogen-bond acceptors (Lipinski definition) is 2. The molecular formula is C16H21ClN2. The molecule has 1 aromatic rings. The molecule has 1 aliphatic heterocycles. The fraction of sp³-hybridized carbons (Fsp3) is 0.438. The number of piperidine rings is 1. The first-order chi connectivity index (χ1) is 8.66. The number of nitriles is 1. The van der Waals surface area contributed by atoms with Crippen LogP contribution in [0.1, 0.15) is 25.3 Å². The first-order valence-corrected chi connectivity index (χ1v) is 6.50. The maximum absolute atomic E-state index is 9.58. The molecule has 1 saturated heterocycles. The summed E-state index contributed by atoms with van der Waals surface area (Å²) in [5, 5.41) is 9.58. The molecule has 0 N–H and O–H groups in total. The van der Waals surface area contributed by atoms with E-state index in [-0.39, 0.29) is 17.8 Å². The first kappa shape index (κ1) is 15.8. The van der Waals surface area contributed by atoms with Gasteiger partial charge >= 0.3 is 0 Å². The van der Waals surface area contributed by atoms with Crippen LogP contribution >= 0.6 is 12.4 Å². The molecule has 0 amide bonds. The van der Waals surface area contributed by atoms with Crippen LogP contribution in [0.3, 0.4) is 0 Å². The molecule has 0 aromatic heterocycles. The molecule has 0 saturated carbocycles. The lowest BCUT2D eigenvalue weighted by atomic mass is 9.74. The summed E-state index contributed by atoms with van der Waals surface area (Å²) in [4.78, 5) is 2.39. The van der Waals surface area contributed by atoms with Crippen molar-refractivity contribution in [2.45, 2.75) is 25.2 Å². The Morgan fingerprint density at radius 1 is 1.32 bits per heavy atom. The van der Waals surface area contributed by atoms with Crippen LogP contribution < -0.4 is 0 Å². The second-order valence-corrected chi connectivity index (χ2v) is 5.29. The summed E-state index contributed by atoms with van der Waals surface area (Å²) in [6.07, 6.45) is 1.83. The SMILES string of the molecule is C=C(C)CN1CCC(C#N)(c2ccccc2)CC1.Cl. The van der Waals surface area contributed by atoms with Crippen molar-refractivity contribution in [1.82, 2.24) is 4.90 Å². The highest BCUT2D eigenvalue weighted by Crippen LogP contribution is 2.34. The Morgan fingerprint density at radius 2 is 1.89 bits per heavy atom. The highest BCUT2D eigenvalue weighted by molar-refractivity contribution is 5.85. The number of benzene rings is 1. The Kier molecular flexibility index (Phi) is 5.60. The highest BCUT2D eigenvalue weighted by atomic mass is 35.5. The largest absolute Gasteiger partial charge is 0.299 e. The Bertz CT molecular complexity index is 453. The van der Waals surface area contributed by atoms with Crippen molar-refractivity contribution in [2.75, 3.05) is 19.6 Å². The van der Waals surface area contributed by atoms with E-state index >= 15 is 0 Å². The molecule has 1 aromatic carbocycles. The van der Waals surface area contributed by atoms with Crippen LogP contribution in [-0.2, 0) is 5.41 Å². The average molecular weight is 277 g/mol. The van der Waals surface area contributed by atoms with Crippen molar-refractivity contribution in [3.63, 3.8) is 0 Å². The van der Waals surface area contributed by atoms with Gasteiger partial charge in [-0.05, 0) is 25.3 Å². The van der Waals surface area contributed by atoms with E-state index in [2.05, 4.69) is 36.6 Å². The van der Waals surface area contributed by atoms with E-state index < -0.39 is 0 Å². The van der Waals surface area contributed by atoms with Gasteiger partial charge in [-0.2, -0.15) is 5.26 Å². The fourth-order valence-electron chi connectivity index (χ4n) is 2.70. The fourth-order valence-corrected chi connectivity index (χ4v) is 2.70. The highest BCUT2D eigenvalue weighted by Gasteiger charge is 2.36. The van der Waals surface area contributed by atoms with Crippen molar-refractivity contribution in [1.29, 1.82) is 5.26 Å². The van der Waals surface area contributed by atoms with E-state index in [1.807, 2.05) is 18.2 Å². The molecule has 19 heavy (non-hydrogen) atoms. The molecule has 1 heterocycles. The number of hydrogen-bond donors (Lipinski definition) is 0. The van der Waals surface area contributed by atoms with Gasteiger partial charge in [0, 0.05) is 19.6 Å². The summed E-state index contributed by atoms with van der Waals surface area (Å²) < 4.78 is 0. The summed E-state index contributed by atoms with van der Waals surface area (Å²) in [6.45, 7) is 8.93. The van der Waals surface area contributed by atoms with Crippen molar-refractivity contribution in [3.8, 4) is 6.07 Å². The maximum Gasteiger partial charge on any atom is 0.0846 e. The maximum atomic E-state index is 9.58. The molecule has 0 spiro atoms. The van der Waals surface area contributed by atoms with Crippen molar-refractivity contribution in [3.05, 3.63) is 48.0 Å². The molecule has 1 fully saturated rings. The monoisotopic (exact) mass is 276 g/mol. The molecule has 0 radical (unpaired) electrons. The lowest BCUT2D eigenvalue weighted by Crippen LogP contribution is -2.42. The number of rotatable bonds is 3. The summed E-state index contributed by atoms with van der Waals surface area (Å²) in [5.74, 6) is 0. The van der Waals surface area contributed by atoms with Crippen LogP contribution in [0.15, 0.2) is 42.5 Å². The molecule has 0 bridgehead atoms. The number of nitrogens with zero attached hydrogens (tertiary/aromatic N) is 2. The van der Waals surface area contributed by atoms with Crippen LogP contribution in [-0.4, -0.2) is 24.5 Å². The van der Waals surface area contributed by atoms with Crippen LogP contribution in [0.4, 0.5) is 0 Å². The van der Waals surface area contributed by atoms with E-state index in [1.165, 1.54) is 11.1 Å². The molecule has 3 heteroatoms. The van der Waals surface area contributed by atoms with Gasteiger partial charge in [0.1, 0.15) is 0 Å². The molecule has 0 unspecified atom stereocenters. The van der Waals surface area contributed by atoms with E-state index in [9.17, 15) is 5.26 Å². The zero-order chi connectivity index (χ0) is 13.0. The predicted octanol–water partition coefficient (Wildman–Crippen LogP) is 3.54. The second-order valence-electron chi connectivity index (χ2n) is 5.29. The van der Waals surface area contributed by atoms with Gasteiger partial charge in [-0.1, -0.05) is 42.5 Å². The lowest BCUT2D eigenvalue weighted by molar-refractivity contribution is 0.199. The van der Waals surface area contributed by atoms with Crippen LogP contribution in [0.2, 0.25) is 0 Å². The van der Waals surface area contributed by atoms with Gasteiger partial charge in [0.25, 0.3) is 0 Å². The number of halogens is 1. The van der Waals surface area contributed by atoms with Gasteiger partial charge in [0.15, 0.2) is 0 Å². The van der Waals surface area contributed by atoms with Gasteiger partial charge in [-0.15, -0.1) is 12.4 Å². The summed E-state index contributed by atoms with van der Waals surface area (Å²) in [7, 11) is 0. The lowest BCUT2D eigenvalue weighted by Gasteiger charge is -2.37. The molecule has 0 atom stereocenters. The standard InChI is InChI=1S/C16H20N2.ClH/c1-14(2)12-18-10-8-16(13-17,9-11-18)15-6-4-3-5-7-15;/h3-7H,1,8-12H2,2H3;1H. The van der Waals surface area contributed by atoms with E-state index in [0.29, 0.717) is 0 Å². The second kappa shape index (κ2) is 6.75. The molecule has 2 rings (SSSR count). The Hall–Kier alpha value is -1.30. The zero-order valence-electron chi connectivity index (χ0n) is 11.4. The third-order valence-corrected chi connectivity index (χ3v) is 3.74. The van der Waals surface area contributed by atoms with Gasteiger partial charge in [-0.3, -0.25) is 4.90 Å². The summed E-state index contributed by atoms with van der Waals surface area (Å²) >= 11 is 0. The topological polar surface area (TPSA) is 27.0 Å². The smallest absolute Gasteiger partial charge is 0.0846 e. The van der Waals surface area contributed by atoms with E-state index in [4.69, 9.17) is 0 Å². The Balaban J connectivity index is 0.00000180. The zero-order valence-corrected chi connectivity index (χ0v) is 12.2. The van der Waals surface area contributed by atoms with Gasteiger partial charge in [0.05, 0.1) is 11.5 Å². The molecule has 0 aliphatic carbocycles. The minimum Gasteiger partial charge on any atom is -0.299 e. The average Bonchev–Trinajstić information content (AvgIpc) is 2.40. The molecule has 102 valence electrons. The Morgan fingerprint density at radius 3 is 2.37 bits per heavy atom. The third kappa shape index (κ3) is 3.59. The van der Waals surface area contributed by atoms with Crippen molar-refractivity contribution >= 4 is 12.4 Å². The first-order valence-electron chi connectivity index (χ1n) is 6.50. The minimum absolute atomic E-state index is 0. The van der Waals surface area contributed by atoms with E-state index in [1.54, 1.807) is 0 Å². The quantitative estimate of drug-likeness (QED) is 0.790. The Labute approximate surface area is 122 Å². The number of likely N-dealkylation sites (tertiary alicyclic amines) is 1. The third-order valence-electron chi connectivity index (χ3n) is 3.74. The minimum atomic E-state index is -0.285. The van der Waals surface area contributed by atoms with Gasteiger partial charge in [0.2, 0.25) is 0 Å². The van der Waals surface area contributed by atoms with Crippen molar-refractivity contribution in [2.24, 2.45) is 0 Å². The normalized spacial score (nSPS) is 18.1. The van der Waals surface area contributed by atoms with Crippen LogP contribution in [0, 0.1) is 11.3 Å². The molecule has 1 aliphatic rings. The molecular weight excluding hydrogens is 256 g/mol. The van der Waals surface area contributed by atoms with Gasteiger partial charge < -0.3 is 0 Å². The summed E-state index contributed by atoms with van der Waals surface area (Å²) in [5.41, 5.74) is 2.08. The van der Waals surface area contributed by atoms with Crippen molar-refractivity contribution < 1.29 is 0 Å². The summed E-state index contributed by atoms with van der Waals surface area (Å²) in [6, 6.07) is 12.8. The predicted molar refractivity (Wildman–Crippen MR) is 81.5 cm³/mol. The van der Waals surface area contributed by atoms with Crippen LogP contribution in [0.25, 0.3) is 0 Å². The van der Waals surface area contributed by atoms with Gasteiger partial charge in [-0.25, -0.2) is 0 Å².